The zero-order valence-electron chi connectivity index (χ0n) is 10.0. The van der Waals surface area contributed by atoms with Crippen LogP contribution < -0.4 is 0 Å². The average Bonchev–Trinajstić information content (AvgIpc) is 2.32. The van der Waals surface area contributed by atoms with E-state index in [0.717, 1.165) is 47.0 Å². The molecule has 0 saturated heterocycles. The van der Waals surface area contributed by atoms with Crippen LogP contribution in [0, 0.1) is 6.92 Å². The molecule has 1 unspecified atom stereocenters. The molecule has 0 spiro atoms. The quantitative estimate of drug-likeness (QED) is 0.784. The van der Waals surface area contributed by atoms with E-state index in [1.54, 1.807) is 6.07 Å². The summed E-state index contributed by atoms with van der Waals surface area (Å²) in [5.74, 6) is 0. The predicted octanol–water partition coefficient (Wildman–Crippen LogP) is 4.22. The second-order valence-corrected chi connectivity index (χ2v) is 5.64. The van der Waals surface area contributed by atoms with Crippen molar-refractivity contribution >= 4 is 34.1 Å². The lowest BCUT2D eigenvalue weighted by Crippen LogP contribution is -2.13. The molecule has 2 nitrogen and oxygen atoms in total. The van der Waals surface area contributed by atoms with Gasteiger partial charge in [0.05, 0.1) is 22.3 Å². The molecule has 1 atom stereocenters. The minimum atomic E-state index is -0.469. The molecule has 3 rings (SSSR count). The number of halogens is 2. The average molecular weight is 282 g/mol. The lowest BCUT2D eigenvalue weighted by molar-refractivity contribution is 0.152. The highest BCUT2D eigenvalue weighted by molar-refractivity contribution is 6.38. The summed E-state index contributed by atoms with van der Waals surface area (Å²) >= 11 is 12.2. The number of aryl methyl sites for hydroxylation is 1. The van der Waals surface area contributed by atoms with Crippen molar-refractivity contribution in [2.24, 2.45) is 0 Å². The first-order valence-corrected chi connectivity index (χ1v) is 6.79. The Bertz CT molecular complexity index is 639. The van der Waals surface area contributed by atoms with Gasteiger partial charge in [0.25, 0.3) is 0 Å². The summed E-state index contributed by atoms with van der Waals surface area (Å²) in [5.41, 5.74) is 3.81. The monoisotopic (exact) mass is 281 g/mol. The summed E-state index contributed by atoms with van der Waals surface area (Å²) in [6.45, 7) is 2.05. The molecule has 0 aliphatic heterocycles. The van der Waals surface area contributed by atoms with E-state index in [1.807, 2.05) is 13.0 Å². The number of aliphatic hydroxyl groups is 1. The van der Waals surface area contributed by atoms with Crippen molar-refractivity contribution in [2.75, 3.05) is 0 Å². The Balaban J connectivity index is 2.40. The molecule has 1 aliphatic rings. The van der Waals surface area contributed by atoms with Gasteiger partial charge in [-0.05, 0) is 49.4 Å². The Kier molecular flexibility index (Phi) is 2.97. The van der Waals surface area contributed by atoms with E-state index in [4.69, 9.17) is 23.2 Å². The highest BCUT2D eigenvalue weighted by Gasteiger charge is 2.23. The van der Waals surface area contributed by atoms with Crippen LogP contribution in [0.5, 0.6) is 0 Å². The molecule has 0 bridgehead atoms. The maximum Gasteiger partial charge on any atom is 0.0963 e. The Morgan fingerprint density at radius 1 is 1.33 bits per heavy atom. The van der Waals surface area contributed by atoms with Crippen molar-refractivity contribution in [1.29, 1.82) is 0 Å². The molecule has 18 heavy (non-hydrogen) atoms. The lowest BCUT2D eigenvalue weighted by atomic mass is 9.89. The first-order chi connectivity index (χ1) is 8.58. The normalized spacial score (nSPS) is 19.0. The molecule has 1 aromatic carbocycles. The largest absolute Gasteiger partial charge is 0.387 e. The van der Waals surface area contributed by atoms with E-state index in [2.05, 4.69) is 4.98 Å². The Morgan fingerprint density at radius 3 is 2.89 bits per heavy atom. The van der Waals surface area contributed by atoms with E-state index >= 15 is 0 Å². The van der Waals surface area contributed by atoms with Gasteiger partial charge in [-0.3, -0.25) is 0 Å². The van der Waals surface area contributed by atoms with Gasteiger partial charge in [0, 0.05) is 10.4 Å². The second kappa shape index (κ2) is 4.37. The van der Waals surface area contributed by atoms with Gasteiger partial charge in [-0.1, -0.05) is 23.2 Å². The first-order valence-electron chi connectivity index (χ1n) is 6.04. The molecule has 4 heteroatoms. The smallest absolute Gasteiger partial charge is 0.0963 e. The van der Waals surface area contributed by atoms with Gasteiger partial charge in [-0.25, -0.2) is 4.98 Å². The number of aromatic nitrogens is 1. The van der Waals surface area contributed by atoms with Gasteiger partial charge in [0.15, 0.2) is 0 Å². The number of pyridine rings is 1. The topological polar surface area (TPSA) is 33.1 Å². The Labute approximate surface area is 116 Å². The molecular weight excluding hydrogens is 269 g/mol. The zero-order chi connectivity index (χ0) is 12.9. The van der Waals surface area contributed by atoms with E-state index in [9.17, 15) is 5.11 Å². The summed E-state index contributed by atoms with van der Waals surface area (Å²) in [4.78, 5) is 4.56. The number of aliphatic hydroxyl groups excluding tert-OH is 1. The van der Waals surface area contributed by atoms with Crippen LogP contribution in [0.2, 0.25) is 10.0 Å². The van der Waals surface area contributed by atoms with Gasteiger partial charge in [0.1, 0.15) is 0 Å². The van der Waals surface area contributed by atoms with Crippen molar-refractivity contribution in [2.45, 2.75) is 32.3 Å². The molecule has 1 N–H and O–H groups in total. The van der Waals surface area contributed by atoms with Gasteiger partial charge in [-0.2, -0.15) is 0 Å². The number of hydrogen-bond donors (Lipinski definition) is 1. The second-order valence-electron chi connectivity index (χ2n) is 4.79. The Hall–Kier alpha value is -0.830. The summed E-state index contributed by atoms with van der Waals surface area (Å²) in [6.07, 6.45) is 2.27. The van der Waals surface area contributed by atoms with Crippen LogP contribution in [0.15, 0.2) is 12.1 Å². The van der Waals surface area contributed by atoms with Crippen molar-refractivity contribution in [3.8, 4) is 0 Å². The van der Waals surface area contributed by atoms with Crippen LogP contribution in [0.3, 0.4) is 0 Å². The minimum Gasteiger partial charge on any atom is -0.387 e. The maximum atomic E-state index is 10.1. The summed E-state index contributed by atoms with van der Waals surface area (Å²) in [7, 11) is 0. The number of nitrogens with zero attached hydrogens (tertiary/aromatic N) is 1. The SMILES string of the molecule is Cc1c2c(nc3c(Cl)cc(Cl)cc13)C(O)CCC2. The molecule has 0 saturated carbocycles. The zero-order valence-corrected chi connectivity index (χ0v) is 11.5. The van der Waals surface area contributed by atoms with Crippen LogP contribution in [-0.4, -0.2) is 10.1 Å². The highest BCUT2D eigenvalue weighted by Crippen LogP contribution is 2.36. The van der Waals surface area contributed by atoms with Crippen LogP contribution in [0.25, 0.3) is 10.9 Å². The molecule has 0 radical (unpaired) electrons. The number of hydrogen-bond acceptors (Lipinski definition) is 2. The van der Waals surface area contributed by atoms with Crippen LogP contribution in [0.1, 0.15) is 35.8 Å². The maximum absolute atomic E-state index is 10.1. The molecule has 1 heterocycles. The van der Waals surface area contributed by atoms with Crippen molar-refractivity contribution in [3.63, 3.8) is 0 Å². The summed E-state index contributed by atoms with van der Waals surface area (Å²) in [6, 6.07) is 3.59. The van der Waals surface area contributed by atoms with Crippen molar-refractivity contribution < 1.29 is 5.11 Å². The standard InChI is InChI=1S/C14H13Cl2NO/c1-7-9-3-2-4-12(18)14(9)17-13-10(7)5-8(15)6-11(13)16/h5-6,12,18H,2-4H2,1H3. The highest BCUT2D eigenvalue weighted by atomic mass is 35.5. The van der Waals surface area contributed by atoms with Gasteiger partial charge < -0.3 is 5.11 Å². The summed E-state index contributed by atoms with van der Waals surface area (Å²) < 4.78 is 0. The van der Waals surface area contributed by atoms with Gasteiger partial charge >= 0.3 is 0 Å². The van der Waals surface area contributed by atoms with E-state index < -0.39 is 6.10 Å². The molecule has 94 valence electrons. The third kappa shape index (κ3) is 1.80. The first kappa shape index (κ1) is 12.2. The van der Waals surface area contributed by atoms with Crippen LogP contribution >= 0.6 is 23.2 Å². The predicted molar refractivity (Wildman–Crippen MR) is 74.4 cm³/mol. The van der Waals surface area contributed by atoms with Gasteiger partial charge in [-0.15, -0.1) is 0 Å². The number of fused-ring (bicyclic) bond motifs is 2. The van der Waals surface area contributed by atoms with E-state index in [0.29, 0.717) is 10.0 Å². The fourth-order valence-corrected chi connectivity index (χ4v) is 3.24. The van der Waals surface area contributed by atoms with E-state index in [1.165, 1.54) is 0 Å². The van der Waals surface area contributed by atoms with E-state index in [-0.39, 0.29) is 0 Å². The molecule has 0 amide bonds. The number of rotatable bonds is 0. The third-order valence-corrected chi connectivity index (χ3v) is 4.15. The van der Waals surface area contributed by atoms with Crippen molar-refractivity contribution in [1.82, 2.24) is 4.98 Å². The molecule has 0 fully saturated rings. The Morgan fingerprint density at radius 2 is 2.11 bits per heavy atom. The molecular formula is C14H13Cl2NO. The van der Waals surface area contributed by atoms with Crippen LogP contribution in [0.4, 0.5) is 0 Å². The van der Waals surface area contributed by atoms with Crippen LogP contribution in [-0.2, 0) is 6.42 Å². The fraction of sp³-hybridized carbons (Fsp3) is 0.357. The summed E-state index contributed by atoms with van der Waals surface area (Å²) in [5, 5.41) is 12.2. The fourth-order valence-electron chi connectivity index (χ4n) is 2.71. The molecule has 1 aliphatic carbocycles. The molecule has 2 aromatic rings. The van der Waals surface area contributed by atoms with Crippen molar-refractivity contribution in [3.05, 3.63) is 39.0 Å². The van der Waals surface area contributed by atoms with Gasteiger partial charge in [0.2, 0.25) is 0 Å². The lowest BCUT2D eigenvalue weighted by Gasteiger charge is -2.23. The number of benzene rings is 1. The third-order valence-electron chi connectivity index (χ3n) is 3.65. The minimum absolute atomic E-state index is 0.469. The molecule has 1 aromatic heterocycles.